The van der Waals surface area contributed by atoms with Crippen molar-refractivity contribution in [3.8, 4) is 0 Å². The van der Waals surface area contributed by atoms with Crippen molar-refractivity contribution in [1.82, 2.24) is 20.1 Å². The molecule has 114 valence electrons. The van der Waals surface area contributed by atoms with Crippen molar-refractivity contribution < 1.29 is 0 Å². The van der Waals surface area contributed by atoms with Gasteiger partial charge in [0.15, 0.2) is 0 Å². The smallest absolute Gasteiger partial charge is 0.0643 e. The van der Waals surface area contributed by atoms with Crippen LogP contribution in [0, 0.1) is 0 Å². The highest BCUT2D eigenvalue weighted by Gasteiger charge is 2.15. The zero-order valence-corrected chi connectivity index (χ0v) is 13.5. The minimum Gasteiger partial charge on any atom is -0.313 e. The molecule has 0 aromatic carbocycles. The van der Waals surface area contributed by atoms with Crippen molar-refractivity contribution in [3.63, 3.8) is 0 Å². The third-order valence-electron chi connectivity index (χ3n) is 4.17. The summed E-state index contributed by atoms with van der Waals surface area (Å²) >= 11 is 0. The molecule has 4 heteroatoms. The van der Waals surface area contributed by atoms with E-state index in [2.05, 4.69) is 54.1 Å². The fraction of sp³-hybridized carbons (Fsp3) is 0.529. The molecule has 1 N–H and O–H groups in total. The van der Waals surface area contributed by atoms with E-state index in [4.69, 9.17) is 5.10 Å². The molecule has 0 bridgehead atoms. The van der Waals surface area contributed by atoms with E-state index in [1.165, 1.54) is 11.1 Å². The second-order valence-corrected chi connectivity index (χ2v) is 5.52. The summed E-state index contributed by atoms with van der Waals surface area (Å²) in [5, 5.41) is 8.13. The number of pyridine rings is 1. The monoisotopic (exact) mass is 286 g/mol. The van der Waals surface area contributed by atoms with E-state index in [0.29, 0.717) is 6.04 Å². The van der Waals surface area contributed by atoms with Gasteiger partial charge in [0.25, 0.3) is 0 Å². The number of likely N-dealkylation sites (N-methyl/N-ethyl adjacent to an activating group) is 1. The Kier molecular flexibility index (Phi) is 5.51. The van der Waals surface area contributed by atoms with E-state index < -0.39 is 0 Å². The maximum atomic E-state index is 4.71. The Bertz CT molecular complexity index is 561. The molecule has 0 aliphatic heterocycles. The Labute approximate surface area is 127 Å². The van der Waals surface area contributed by atoms with Crippen LogP contribution in [-0.4, -0.2) is 21.8 Å². The van der Waals surface area contributed by atoms with Crippen LogP contribution in [0.15, 0.2) is 30.7 Å². The molecule has 0 aliphatic rings. The molecule has 0 saturated carbocycles. The zero-order valence-electron chi connectivity index (χ0n) is 13.5. The maximum absolute atomic E-state index is 4.71. The molecule has 0 fully saturated rings. The minimum atomic E-state index is 0.281. The van der Waals surface area contributed by atoms with Gasteiger partial charge < -0.3 is 5.32 Å². The van der Waals surface area contributed by atoms with Gasteiger partial charge >= 0.3 is 0 Å². The molecular formula is C17H26N4. The molecule has 2 unspecified atom stereocenters. The third-order valence-corrected chi connectivity index (χ3v) is 4.17. The lowest BCUT2D eigenvalue weighted by Crippen LogP contribution is -2.21. The largest absolute Gasteiger partial charge is 0.313 e. The van der Waals surface area contributed by atoms with Crippen LogP contribution in [0.1, 0.15) is 56.1 Å². The van der Waals surface area contributed by atoms with E-state index in [1.54, 1.807) is 0 Å². The molecule has 0 amide bonds. The standard InChI is InChI=1S/C17H26N4/c1-5-13(3)21-10-8-15(20-21)11-17(18-4)16-7-9-19-12-14(16)6-2/h7-10,12-13,17-18H,5-6,11H2,1-4H3. The molecule has 0 spiro atoms. The van der Waals surface area contributed by atoms with Crippen LogP contribution in [0.25, 0.3) is 0 Å². The second kappa shape index (κ2) is 7.36. The van der Waals surface area contributed by atoms with Gasteiger partial charge in [0, 0.05) is 37.1 Å². The predicted octanol–water partition coefficient (Wildman–Crippen LogP) is 3.31. The van der Waals surface area contributed by atoms with Gasteiger partial charge in [0.05, 0.1) is 5.69 Å². The lowest BCUT2D eigenvalue weighted by molar-refractivity contribution is 0.469. The SMILES string of the molecule is CCc1cnccc1C(Cc1ccn(C(C)CC)n1)NC. The highest BCUT2D eigenvalue weighted by Crippen LogP contribution is 2.21. The summed E-state index contributed by atoms with van der Waals surface area (Å²) in [6.07, 6.45) is 8.93. The van der Waals surface area contributed by atoms with Crippen LogP contribution in [0.2, 0.25) is 0 Å². The number of rotatable bonds is 7. The molecule has 0 aliphatic carbocycles. The first kappa shape index (κ1) is 15.7. The number of aromatic nitrogens is 3. The van der Waals surface area contributed by atoms with Crippen LogP contribution in [0.5, 0.6) is 0 Å². The Hall–Kier alpha value is -1.68. The van der Waals surface area contributed by atoms with Gasteiger partial charge in [-0.25, -0.2) is 0 Å². The lowest BCUT2D eigenvalue weighted by Gasteiger charge is -2.18. The van der Waals surface area contributed by atoms with Gasteiger partial charge in [-0.05, 0) is 50.1 Å². The topological polar surface area (TPSA) is 42.7 Å². The Morgan fingerprint density at radius 3 is 2.76 bits per heavy atom. The fourth-order valence-electron chi connectivity index (χ4n) is 2.57. The molecule has 21 heavy (non-hydrogen) atoms. The number of hydrogen-bond acceptors (Lipinski definition) is 3. The number of nitrogens with one attached hydrogen (secondary N) is 1. The fourth-order valence-corrected chi connectivity index (χ4v) is 2.57. The van der Waals surface area contributed by atoms with E-state index in [0.717, 1.165) is 25.0 Å². The average molecular weight is 286 g/mol. The lowest BCUT2D eigenvalue weighted by atomic mass is 9.97. The van der Waals surface area contributed by atoms with Gasteiger partial charge in [0.1, 0.15) is 0 Å². The minimum absolute atomic E-state index is 0.281. The van der Waals surface area contributed by atoms with Crippen LogP contribution in [0.4, 0.5) is 0 Å². The van der Waals surface area contributed by atoms with Gasteiger partial charge in [-0.1, -0.05) is 13.8 Å². The zero-order chi connectivity index (χ0) is 15.2. The van der Waals surface area contributed by atoms with Crippen molar-refractivity contribution >= 4 is 0 Å². The number of aryl methyl sites for hydroxylation is 1. The van der Waals surface area contributed by atoms with Gasteiger partial charge in [-0.3, -0.25) is 9.67 Å². The Morgan fingerprint density at radius 2 is 2.10 bits per heavy atom. The number of nitrogens with zero attached hydrogens (tertiary/aromatic N) is 3. The summed E-state index contributed by atoms with van der Waals surface area (Å²) < 4.78 is 2.06. The second-order valence-electron chi connectivity index (χ2n) is 5.52. The molecule has 2 aromatic rings. The highest BCUT2D eigenvalue weighted by molar-refractivity contribution is 5.28. The van der Waals surface area contributed by atoms with Crippen molar-refractivity contribution in [2.24, 2.45) is 0 Å². The molecule has 0 saturated heterocycles. The first-order chi connectivity index (χ1) is 10.2. The van der Waals surface area contributed by atoms with E-state index in [1.807, 2.05) is 19.4 Å². The van der Waals surface area contributed by atoms with E-state index >= 15 is 0 Å². The predicted molar refractivity (Wildman–Crippen MR) is 86.3 cm³/mol. The molecule has 4 nitrogen and oxygen atoms in total. The normalized spacial score (nSPS) is 14.1. The van der Waals surface area contributed by atoms with E-state index in [9.17, 15) is 0 Å². The third kappa shape index (κ3) is 3.70. The summed E-state index contributed by atoms with van der Waals surface area (Å²) in [5.41, 5.74) is 3.76. The first-order valence-corrected chi connectivity index (χ1v) is 7.83. The summed E-state index contributed by atoms with van der Waals surface area (Å²) in [4.78, 5) is 4.23. The Balaban J connectivity index is 2.17. The highest BCUT2D eigenvalue weighted by atomic mass is 15.3. The Morgan fingerprint density at radius 1 is 1.29 bits per heavy atom. The molecule has 2 aromatic heterocycles. The average Bonchev–Trinajstić information content (AvgIpc) is 3.00. The van der Waals surface area contributed by atoms with Crippen LogP contribution < -0.4 is 5.32 Å². The maximum Gasteiger partial charge on any atom is 0.0643 e. The van der Waals surface area contributed by atoms with Crippen molar-refractivity contribution in [2.75, 3.05) is 7.05 Å². The summed E-state index contributed by atoms with van der Waals surface area (Å²) in [6, 6.07) is 4.98. The van der Waals surface area contributed by atoms with Crippen LogP contribution >= 0.6 is 0 Å². The molecule has 2 heterocycles. The molecule has 2 rings (SSSR count). The molecular weight excluding hydrogens is 260 g/mol. The van der Waals surface area contributed by atoms with Gasteiger partial charge in [-0.2, -0.15) is 5.10 Å². The van der Waals surface area contributed by atoms with Gasteiger partial charge in [-0.15, -0.1) is 0 Å². The van der Waals surface area contributed by atoms with Gasteiger partial charge in [0.2, 0.25) is 0 Å². The molecule has 2 atom stereocenters. The van der Waals surface area contributed by atoms with E-state index in [-0.39, 0.29) is 6.04 Å². The van der Waals surface area contributed by atoms with Crippen molar-refractivity contribution in [2.45, 2.75) is 52.1 Å². The molecule has 0 radical (unpaired) electrons. The van der Waals surface area contributed by atoms with Crippen LogP contribution in [-0.2, 0) is 12.8 Å². The van der Waals surface area contributed by atoms with Crippen molar-refractivity contribution in [1.29, 1.82) is 0 Å². The quantitative estimate of drug-likeness (QED) is 0.849. The number of hydrogen-bond donors (Lipinski definition) is 1. The summed E-state index contributed by atoms with van der Waals surface area (Å²) in [7, 11) is 2.01. The first-order valence-electron chi connectivity index (χ1n) is 7.83. The van der Waals surface area contributed by atoms with Crippen LogP contribution in [0.3, 0.4) is 0 Å². The van der Waals surface area contributed by atoms with Crippen molar-refractivity contribution in [3.05, 3.63) is 47.5 Å². The summed E-state index contributed by atoms with van der Waals surface area (Å²) in [6.45, 7) is 6.56. The summed E-state index contributed by atoms with van der Waals surface area (Å²) in [5.74, 6) is 0.